The first-order chi connectivity index (χ1) is 22.1. The highest BCUT2D eigenvalue weighted by atomic mass is 19.1. The fourth-order valence-electron chi connectivity index (χ4n) is 6.28. The smallest absolute Gasteiger partial charge is 0.227 e. The van der Waals surface area contributed by atoms with Gasteiger partial charge in [0.05, 0.1) is 45.1 Å². The molecule has 0 aliphatic carbocycles. The number of carbonyl (C=O) groups is 1. The zero-order chi connectivity index (χ0) is 33.2. The zero-order valence-electron chi connectivity index (χ0n) is 26.7. The predicted octanol–water partition coefficient (Wildman–Crippen LogP) is 2.62. The van der Waals surface area contributed by atoms with E-state index in [1.807, 2.05) is 0 Å². The average molecular weight is 651 g/mol. The Morgan fingerprint density at radius 2 is 1.70 bits per heavy atom. The number of likely N-dealkylation sites (tertiary alicyclic amines) is 1. The molecule has 1 aromatic carbocycles. The number of nitrogens with zero attached hydrogens (tertiary/aromatic N) is 4. The molecule has 0 saturated carbocycles. The fraction of sp³-hybridized carbons (Fsp3) is 0.667. The number of hydrogen-bond acceptors (Lipinski definition) is 10. The van der Waals surface area contributed by atoms with Crippen molar-refractivity contribution in [2.75, 3.05) is 64.6 Å². The van der Waals surface area contributed by atoms with Gasteiger partial charge in [-0.15, -0.1) is 0 Å². The second-order valence-electron chi connectivity index (χ2n) is 12.9. The van der Waals surface area contributed by atoms with E-state index in [0.29, 0.717) is 44.8 Å². The number of aliphatic hydroxyl groups is 4. The van der Waals surface area contributed by atoms with Crippen molar-refractivity contribution in [1.82, 2.24) is 14.9 Å². The minimum Gasteiger partial charge on any atom is -0.493 e. The molecule has 2 aliphatic heterocycles. The Kier molecular flexibility index (Phi) is 13.0. The van der Waals surface area contributed by atoms with E-state index in [2.05, 4.69) is 14.9 Å². The number of amides is 1. The van der Waals surface area contributed by atoms with Crippen molar-refractivity contribution in [2.24, 2.45) is 11.3 Å². The lowest BCUT2D eigenvalue weighted by atomic mass is 9.83. The molecule has 0 spiro atoms. The van der Waals surface area contributed by atoms with Gasteiger partial charge < -0.3 is 39.7 Å². The maximum Gasteiger partial charge on any atom is 0.227 e. The number of rotatable bonds is 17. The molecule has 2 aromatic rings. The van der Waals surface area contributed by atoms with Crippen LogP contribution >= 0.6 is 0 Å². The number of piperidine rings is 1. The molecule has 0 bridgehead atoms. The van der Waals surface area contributed by atoms with Crippen LogP contribution in [0, 0.1) is 23.0 Å². The van der Waals surface area contributed by atoms with Crippen LogP contribution in [-0.4, -0.2) is 107 Å². The number of benzene rings is 1. The van der Waals surface area contributed by atoms with Gasteiger partial charge in [-0.25, -0.2) is 18.7 Å². The molecule has 2 fully saturated rings. The number of β-amino-alcohol motifs (C(OH)–C–C–N with tert-alkyl or cyclic N) is 1. The number of anilines is 1. The largest absolute Gasteiger partial charge is 0.493 e. The van der Waals surface area contributed by atoms with Gasteiger partial charge in [0.1, 0.15) is 17.4 Å². The molecule has 13 heteroatoms. The molecule has 46 heavy (non-hydrogen) atoms. The minimum absolute atomic E-state index is 0.0232. The normalized spacial score (nSPS) is 19.2. The van der Waals surface area contributed by atoms with Crippen LogP contribution in [0.4, 0.5) is 14.7 Å². The molecule has 2 aliphatic rings. The van der Waals surface area contributed by atoms with Crippen LogP contribution in [0.1, 0.15) is 62.5 Å². The standard InChI is InChI=1S/C33H48F2N4O7/c1-45-19-25-17-36-31(37-18-25)38-10-5-24(6-11-38)4-2-13-46-26-14-28(34)27(29(35)15-26)16-30(43)39-12-9-33(44,20-39)8-3-7-32(21-40,22-41)23-42/h14-15,17-18,24,40-42,44H,2-13,16,19-23H2,1H3. The Morgan fingerprint density at radius 1 is 1.04 bits per heavy atom. The number of ether oxygens (including phenoxy) is 2. The fourth-order valence-corrected chi connectivity index (χ4v) is 6.28. The second-order valence-corrected chi connectivity index (χ2v) is 12.9. The molecule has 1 unspecified atom stereocenters. The van der Waals surface area contributed by atoms with E-state index in [0.717, 1.165) is 62.4 Å². The van der Waals surface area contributed by atoms with Crippen LogP contribution in [0.25, 0.3) is 0 Å². The van der Waals surface area contributed by atoms with Gasteiger partial charge in [0.25, 0.3) is 0 Å². The van der Waals surface area contributed by atoms with Crippen molar-refractivity contribution in [1.29, 1.82) is 0 Å². The summed E-state index contributed by atoms with van der Waals surface area (Å²) in [4.78, 5) is 25.4. The summed E-state index contributed by atoms with van der Waals surface area (Å²) in [6, 6.07) is 2.22. The van der Waals surface area contributed by atoms with Crippen molar-refractivity contribution in [3.8, 4) is 5.75 Å². The second kappa shape index (κ2) is 16.7. The van der Waals surface area contributed by atoms with Crippen molar-refractivity contribution in [3.63, 3.8) is 0 Å². The van der Waals surface area contributed by atoms with E-state index in [-0.39, 0.29) is 44.2 Å². The topological polar surface area (TPSA) is 149 Å². The molecule has 2 saturated heterocycles. The summed E-state index contributed by atoms with van der Waals surface area (Å²) >= 11 is 0. The summed E-state index contributed by atoms with van der Waals surface area (Å²) in [6.45, 7) is 1.66. The summed E-state index contributed by atoms with van der Waals surface area (Å²) in [6.07, 6.45) is 8.11. The summed E-state index contributed by atoms with van der Waals surface area (Å²) in [5.74, 6) is -0.869. The van der Waals surface area contributed by atoms with Crippen LogP contribution < -0.4 is 9.64 Å². The third-order valence-corrected chi connectivity index (χ3v) is 9.41. The highest BCUT2D eigenvalue weighted by Gasteiger charge is 2.39. The van der Waals surface area contributed by atoms with Crippen LogP contribution in [0.2, 0.25) is 0 Å². The maximum absolute atomic E-state index is 14.9. The van der Waals surface area contributed by atoms with Gasteiger partial charge in [-0.2, -0.15) is 0 Å². The third kappa shape index (κ3) is 9.54. The van der Waals surface area contributed by atoms with Gasteiger partial charge in [0.15, 0.2) is 0 Å². The quantitative estimate of drug-likeness (QED) is 0.188. The lowest BCUT2D eigenvalue weighted by molar-refractivity contribution is -0.130. The summed E-state index contributed by atoms with van der Waals surface area (Å²) < 4.78 is 40.6. The SMILES string of the molecule is COCc1cnc(N2CCC(CCCOc3cc(F)c(CC(=O)N4CCC(O)(CCCC(CO)(CO)CO)C4)c(F)c3)CC2)nc1. The van der Waals surface area contributed by atoms with E-state index in [4.69, 9.17) is 9.47 Å². The third-order valence-electron chi connectivity index (χ3n) is 9.41. The van der Waals surface area contributed by atoms with Gasteiger partial charge in [-0.05, 0) is 57.3 Å². The number of hydrogen-bond donors (Lipinski definition) is 4. The Balaban J connectivity index is 1.17. The first-order valence-electron chi connectivity index (χ1n) is 16.1. The number of methoxy groups -OCH3 is 1. The highest BCUT2D eigenvalue weighted by Crippen LogP contribution is 2.32. The Labute approximate surface area is 269 Å². The molecule has 1 aromatic heterocycles. The van der Waals surface area contributed by atoms with Crippen LogP contribution in [0.5, 0.6) is 5.75 Å². The van der Waals surface area contributed by atoms with Gasteiger partial charge in [0, 0.05) is 74.4 Å². The molecule has 4 rings (SSSR count). The maximum atomic E-state index is 14.9. The molecule has 4 N–H and O–H groups in total. The molecule has 1 atom stereocenters. The van der Waals surface area contributed by atoms with Crippen molar-refractivity contribution >= 4 is 11.9 Å². The summed E-state index contributed by atoms with van der Waals surface area (Å²) in [5, 5.41) is 39.4. The van der Waals surface area contributed by atoms with E-state index >= 15 is 0 Å². The molecular formula is C33H48F2N4O7. The van der Waals surface area contributed by atoms with Gasteiger partial charge >= 0.3 is 0 Å². The van der Waals surface area contributed by atoms with E-state index in [9.17, 15) is 34.0 Å². The number of carbonyl (C=O) groups excluding carboxylic acids is 1. The van der Waals surface area contributed by atoms with Crippen molar-refractivity contribution < 1.29 is 43.5 Å². The van der Waals surface area contributed by atoms with Crippen molar-refractivity contribution in [3.05, 3.63) is 47.3 Å². The van der Waals surface area contributed by atoms with Crippen molar-refractivity contribution in [2.45, 2.75) is 70.0 Å². The number of halogens is 2. The lowest BCUT2D eigenvalue weighted by Crippen LogP contribution is -2.38. The van der Waals surface area contributed by atoms with Crippen LogP contribution in [0.15, 0.2) is 24.5 Å². The predicted molar refractivity (Wildman–Crippen MR) is 166 cm³/mol. The Hall–Kier alpha value is -2.97. The molecule has 0 radical (unpaired) electrons. The molecule has 11 nitrogen and oxygen atoms in total. The first kappa shape index (κ1) is 35.9. The molecular weight excluding hydrogens is 602 g/mol. The Morgan fingerprint density at radius 3 is 2.30 bits per heavy atom. The average Bonchev–Trinajstić information content (AvgIpc) is 3.46. The molecule has 256 valence electrons. The molecule has 1 amide bonds. The Bertz CT molecular complexity index is 1230. The number of aliphatic hydroxyl groups excluding tert-OH is 3. The van der Waals surface area contributed by atoms with E-state index in [1.165, 1.54) is 4.90 Å². The lowest BCUT2D eigenvalue weighted by Gasteiger charge is -2.32. The summed E-state index contributed by atoms with van der Waals surface area (Å²) in [5.41, 5.74) is -1.61. The highest BCUT2D eigenvalue weighted by molar-refractivity contribution is 5.79. The van der Waals surface area contributed by atoms with Gasteiger partial charge in [0.2, 0.25) is 11.9 Å². The van der Waals surface area contributed by atoms with Crippen LogP contribution in [-0.2, 0) is 22.6 Å². The van der Waals surface area contributed by atoms with Crippen LogP contribution in [0.3, 0.4) is 0 Å². The molecule has 3 heterocycles. The monoisotopic (exact) mass is 650 g/mol. The van der Waals surface area contributed by atoms with E-state index in [1.54, 1.807) is 19.5 Å². The summed E-state index contributed by atoms with van der Waals surface area (Å²) in [7, 11) is 1.63. The van der Waals surface area contributed by atoms with E-state index < -0.39 is 35.0 Å². The van der Waals surface area contributed by atoms with Gasteiger partial charge in [-0.1, -0.05) is 0 Å². The zero-order valence-corrected chi connectivity index (χ0v) is 26.7. The van der Waals surface area contributed by atoms with Gasteiger partial charge in [-0.3, -0.25) is 4.79 Å². The first-order valence-corrected chi connectivity index (χ1v) is 16.1. The number of aromatic nitrogens is 2. The minimum atomic E-state index is -1.18.